The van der Waals surface area contributed by atoms with E-state index in [4.69, 9.17) is 0 Å². The minimum Gasteiger partial charge on any atom is -0.347 e. The Kier molecular flexibility index (Phi) is 5.08. The van der Waals surface area contributed by atoms with Crippen molar-refractivity contribution in [3.63, 3.8) is 0 Å². The fourth-order valence-electron chi connectivity index (χ4n) is 1.72. The standard InChI is InChI=1S/C11H20N4O3/c1-8(10(17)14(2)3)13-9(16)11(18)15-6-4-12-5-7-15/h8,12H,4-7H2,1-3H3,(H,13,16). The summed E-state index contributed by atoms with van der Waals surface area (Å²) in [5.41, 5.74) is 0. The lowest BCUT2D eigenvalue weighted by Crippen LogP contribution is -2.54. The van der Waals surface area contributed by atoms with Crippen LogP contribution >= 0.6 is 0 Å². The molecule has 0 bridgehead atoms. The highest BCUT2D eigenvalue weighted by Crippen LogP contribution is 1.95. The molecule has 0 radical (unpaired) electrons. The van der Waals surface area contributed by atoms with Gasteiger partial charge in [-0.3, -0.25) is 14.4 Å². The second-order valence-corrected chi connectivity index (χ2v) is 4.47. The first-order valence-corrected chi connectivity index (χ1v) is 5.95. The lowest BCUT2D eigenvalue weighted by molar-refractivity contribution is -0.147. The van der Waals surface area contributed by atoms with Crippen molar-refractivity contribution in [3.8, 4) is 0 Å². The number of carbonyl (C=O) groups excluding carboxylic acids is 3. The van der Waals surface area contributed by atoms with Gasteiger partial charge in [0.15, 0.2) is 0 Å². The van der Waals surface area contributed by atoms with Crippen LogP contribution in [0.1, 0.15) is 6.92 Å². The van der Waals surface area contributed by atoms with Crippen LogP contribution in [0.5, 0.6) is 0 Å². The predicted molar refractivity (Wildman–Crippen MR) is 65.7 cm³/mol. The SMILES string of the molecule is CC(NC(=O)C(=O)N1CCNCC1)C(=O)N(C)C. The van der Waals surface area contributed by atoms with E-state index in [1.807, 2.05) is 0 Å². The Hall–Kier alpha value is -1.63. The summed E-state index contributed by atoms with van der Waals surface area (Å²) in [5, 5.41) is 5.51. The number of nitrogens with one attached hydrogen (secondary N) is 2. The number of carbonyl (C=O) groups is 3. The smallest absolute Gasteiger partial charge is 0.311 e. The highest BCUT2D eigenvalue weighted by Gasteiger charge is 2.26. The van der Waals surface area contributed by atoms with Crippen LogP contribution in [0.15, 0.2) is 0 Å². The molecule has 0 spiro atoms. The Bertz CT molecular complexity index is 337. The summed E-state index contributed by atoms with van der Waals surface area (Å²) in [6.45, 7) is 3.96. The van der Waals surface area contributed by atoms with Crippen LogP contribution in [-0.4, -0.2) is 73.8 Å². The van der Waals surface area contributed by atoms with Crippen LogP contribution in [0.25, 0.3) is 0 Å². The van der Waals surface area contributed by atoms with Crippen LogP contribution in [0.3, 0.4) is 0 Å². The molecule has 2 N–H and O–H groups in total. The molecule has 0 saturated carbocycles. The van der Waals surface area contributed by atoms with Gasteiger partial charge in [0.25, 0.3) is 0 Å². The van der Waals surface area contributed by atoms with Gasteiger partial charge in [-0.15, -0.1) is 0 Å². The van der Waals surface area contributed by atoms with E-state index in [-0.39, 0.29) is 5.91 Å². The van der Waals surface area contributed by atoms with Crippen molar-refractivity contribution in [1.82, 2.24) is 20.4 Å². The molecule has 0 aromatic rings. The molecule has 3 amide bonds. The number of likely N-dealkylation sites (N-methyl/N-ethyl adjacent to an activating group) is 1. The normalized spacial score (nSPS) is 16.9. The van der Waals surface area contributed by atoms with Gasteiger partial charge in [0.05, 0.1) is 0 Å². The van der Waals surface area contributed by atoms with Gasteiger partial charge in [0.2, 0.25) is 5.91 Å². The lowest BCUT2D eigenvalue weighted by Gasteiger charge is -2.27. The van der Waals surface area contributed by atoms with Gasteiger partial charge in [-0.05, 0) is 6.92 Å². The fourth-order valence-corrected chi connectivity index (χ4v) is 1.72. The molecule has 18 heavy (non-hydrogen) atoms. The Labute approximate surface area is 106 Å². The summed E-state index contributed by atoms with van der Waals surface area (Å²) >= 11 is 0. The highest BCUT2D eigenvalue weighted by molar-refractivity contribution is 6.35. The molecule has 102 valence electrons. The Balaban J connectivity index is 2.49. The van der Waals surface area contributed by atoms with Crippen molar-refractivity contribution < 1.29 is 14.4 Å². The summed E-state index contributed by atoms with van der Waals surface area (Å²) < 4.78 is 0. The fraction of sp³-hybridized carbons (Fsp3) is 0.727. The molecule has 1 heterocycles. The molecule has 7 nitrogen and oxygen atoms in total. The molecule has 0 aromatic heterocycles. The second kappa shape index (κ2) is 6.34. The van der Waals surface area contributed by atoms with Crippen LogP contribution in [-0.2, 0) is 14.4 Å². The van der Waals surface area contributed by atoms with Gasteiger partial charge in [-0.2, -0.15) is 0 Å². The first-order valence-electron chi connectivity index (χ1n) is 5.95. The van der Waals surface area contributed by atoms with Crippen molar-refractivity contribution in [2.24, 2.45) is 0 Å². The topological polar surface area (TPSA) is 81.8 Å². The first kappa shape index (κ1) is 14.4. The Morgan fingerprint density at radius 3 is 2.28 bits per heavy atom. The average molecular weight is 256 g/mol. The monoisotopic (exact) mass is 256 g/mol. The van der Waals surface area contributed by atoms with Crippen LogP contribution in [0, 0.1) is 0 Å². The summed E-state index contributed by atoms with van der Waals surface area (Å²) in [4.78, 5) is 37.9. The van der Waals surface area contributed by atoms with E-state index in [9.17, 15) is 14.4 Å². The van der Waals surface area contributed by atoms with E-state index < -0.39 is 17.9 Å². The molecular formula is C11H20N4O3. The number of hydrogen-bond donors (Lipinski definition) is 2. The van der Waals surface area contributed by atoms with Crippen molar-refractivity contribution in [1.29, 1.82) is 0 Å². The van der Waals surface area contributed by atoms with Crippen molar-refractivity contribution >= 4 is 17.7 Å². The summed E-state index contributed by atoms with van der Waals surface area (Å²) in [7, 11) is 3.20. The minimum atomic E-state index is -0.723. The number of hydrogen-bond acceptors (Lipinski definition) is 4. The van der Waals surface area contributed by atoms with Gasteiger partial charge in [-0.1, -0.05) is 0 Å². The molecule has 1 saturated heterocycles. The zero-order valence-electron chi connectivity index (χ0n) is 11.0. The predicted octanol–water partition coefficient (Wildman–Crippen LogP) is -1.99. The molecule has 0 aromatic carbocycles. The number of piperazine rings is 1. The maximum Gasteiger partial charge on any atom is 0.311 e. The third-order valence-electron chi connectivity index (χ3n) is 2.76. The second-order valence-electron chi connectivity index (χ2n) is 4.47. The van der Waals surface area contributed by atoms with E-state index >= 15 is 0 Å². The third-order valence-corrected chi connectivity index (χ3v) is 2.76. The van der Waals surface area contributed by atoms with Crippen LogP contribution in [0.4, 0.5) is 0 Å². The molecule has 1 aliphatic rings. The van der Waals surface area contributed by atoms with E-state index in [2.05, 4.69) is 10.6 Å². The molecular weight excluding hydrogens is 236 g/mol. The summed E-state index contributed by atoms with van der Waals surface area (Å²) in [6.07, 6.45) is 0. The zero-order valence-corrected chi connectivity index (χ0v) is 11.0. The highest BCUT2D eigenvalue weighted by atomic mass is 16.2. The number of amides is 3. The molecule has 1 fully saturated rings. The van der Waals surface area contributed by atoms with Gasteiger partial charge in [-0.25, -0.2) is 0 Å². The maximum absolute atomic E-state index is 11.8. The molecule has 1 atom stereocenters. The molecule has 0 aliphatic carbocycles. The van der Waals surface area contributed by atoms with Crippen molar-refractivity contribution in [2.75, 3.05) is 40.3 Å². The average Bonchev–Trinajstić information content (AvgIpc) is 2.37. The number of rotatable bonds is 2. The van der Waals surface area contributed by atoms with E-state index in [0.29, 0.717) is 26.2 Å². The van der Waals surface area contributed by atoms with E-state index in [0.717, 1.165) is 0 Å². The van der Waals surface area contributed by atoms with Gasteiger partial charge in [0, 0.05) is 40.3 Å². The largest absolute Gasteiger partial charge is 0.347 e. The maximum atomic E-state index is 11.8. The molecule has 7 heteroatoms. The first-order chi connectivity index (χ1) is 8.43. The Morgan fingerprint density at radius 2 is 1.78 bits per heavy atom. The van der Waals surface area contributed by atoms with Crippen LogP contribution < -0.4 is 10.6 Å². The third kappa shape index (κ3) is 3.69. The minimum absolute atomic E-state index is 0.239. The quantitative estimate of drug-likeness (QED) is 0.561. The Morgan fingerprint density at radius 1 is 1.22 bits per heavy atom. The summed E-state index contributed by atoms with van der Waals surface area (Å²) in [5.74, 6) is -1.54. The molecule has 1 rings (SSSR count). The van der Waals surface area contributed by atoms with Crippen molar-refractivity contribution in [2.45, 2.75) is 13.0 Å². The zero-order chi connectivity index (χ0) is 13.7. The van der Waals surface area contributed by atoms with Crippen LogP contribution in [0.2, 0.25) is 0 Å². The summed E-state index contributed by atoms with van der Waals surface area (Å²) in [6, 6.07) is -0.695. The van der Waals surface area contributed by atoms with Gasteiger partial charge >= 0.3 is 11.8 Å². The number of nitrogens with zero attached hydrogens (tertiary/aromatic N) is 2. The van der Waals surface area contributed by atoms with Gasteiger partial charge in [0.1, 0.15) is 6.04 Å². The van der Waals surface area contributed by atoms with E-state index in [1.165, 1.54) is 9.80 Å². The molecule has 1 unspecified atom stereocenters. The van der Waals surface area contributed by atoms with Crippen molar-refractivity contribution in [3.05, 3.63) is 0 Å². The van der Waals surface area contributed by atoms with E-state index in [1.54, 1.807) is 21.0 Å². The lowest BCUT2D eigenvalue weighted by atomic mass is 10.3. The van der Waals surface area contributed by atoms with Gasteiger partial charge < -0.3 is 20.4 Å². The molecule has 1 aliphatic heterocycles.